The first-order valence-electron chi connectivity index (χ1n) is 5.72. The molecule has 0 bridgehead atoms. The van der Waals surface area contributed by atoms with E-state index in [0.29, 0.717) is 18.2 Å². The molecule has 2 N–H and O–H groups in total. The lowest BCUT2D eigenvalue weighted by atomic mass is 10.2. The smallest absolute Gasteiger partial charge is 0.337 e. The molecule has 0 spiro atoms. The standard InChI is InChI=1S/C13H12ClN3O3/c1-20-11-4-8(2-3-15-11)6-16-12-10(14)5-9(7-17-12)13(18)19/h2-5,7H,6H2,1H3,(H,16,17)(H,18,19). The van der Waals surface area contributed by atoms with Gasteiger partial charge in [-0.15, -0.1) is 0 Å². The van der Waals surface area contributed by atoms with Crippen LogP contribution < -0.4 is 10.1 Å². The average molecular weight is 294 g/mol. The molecule has 2 rings (SSSR count). The van der Waals surface area contributed by atoms with Crippen molar-refractivity contribution in [3.8, 4) is 5.88 Å². The number of ether oxygens (including phenoxy) is 1. The van der Waals surface area contributed by atoms with Gasteiger partial charge >= 0.3 is 5.97 Å². The van der Waals surface area contributed by atoms with Gasteiger partial charge in [0.15, 0.2) is 0 Å². The molecule has 7 heteroatoms. The maximum Gasteiger partial charge on any atom is 0.337 e. The summed E-state index contributed by atoms with van der Waals surface area (Å²) in [7, 11) is 1.54. The Morgan fingerprint density at radius 2 is 2.25 bits per heavy atom. The molecule has 0 atom stereocenters. The maximum absolute atomic E-state index is 10.8. The third-order valence-electron chi connectivity index (χ3n) is 2.56. The molecule has 6 nitrogen and oxygen atoms in total. The number of methoxy groups -OCH3 is 1. The van der Waals surface area contributed by atoms with E-state index in [1.165, 1.54) is 12.3 Å². The minimum absolute atomic E-state index is 0.0473. The van der Waals surface area contributed by atoms with Gasteiger partial charge in [0.1, 0.15) is 5.82 Å². The maximum atomic E-state index is 10.8. The Morgan fingerprint density at radius 3 is 2.90 bits per heavy atom. The summed E-state index contributed by atoms with van der Waals surface area (Å²) in [6.07, 6.45) is 2.89. The van der Waals surface area contributed by atoms with Crippen LogP contribution in [-0.2, 0) is 6.54 Å². The van der Waals surface area contributed by atoms with E-state index in [2.05, 4.69) is 15.3 Å². The first kappa shape index (κ1) is 14.1. The van der Waals surface area contributed by atoms with Gasteiger partial charge in [-0.1, -0.05) is 11.6 Å². The molecule has 104 valence electrons. The van der Waals surface area contributed by atoms with Crippen molar-refractivity contribution in [3.63, 3.8) is 0 Å². The molecule has 2 aromatic rings. The second kappa shape index (κ2) is 6.21. The summed E-state index contributed by atoms with van der Waals surface area (Å²) in [4.78, 5) is 18.8. The van der Waals surface area contributed by atoms with Gasteiger partial charge in [0, 0.05) is 25.0 Å². The normalized spacial score (nSPS) is 10.1. The van der Waals surface area contributed by atoms with E-state index in [-0.39, 0.29) is 10.6 Å². The largest absolute Gasteiger partial charge is 0.481 e. The van der Waals surface area contributed by atoms with E-state index in [1.54, 1.807) is 19.4 Å². The molecular weight excluding hydrogens is 282 g/mol. The molecule has 0 aliphatic carbocycles. The summed E-state index contributed by atoms with van der Waals surface area (Å²) in [5.74, 6) is -0.123. The van der Waals surface area contributed by atoms with Crippen LogP contribution in [0.3, 0.4) is 0 Å². The molecular formula is C13H12ClN3O3. The second-order valence-electron chi connectivity index (χ2n) is 3.92. The van der Waals surface area contributed by atoms with E-state index in [0.717, 1.165) is 5.56 Å². The summed E-state index contributed by atoms with van der Waals surface area (Å²) in [5, 5.41) is 12.1. The van der Waals surface area contributed by atoms with Crippen LogP contribution in [-0.4, -0.2) is 28.2 Å². The van der Waals surface area contributed by atoms with E-state index in [4.69, 9.17) is 21.4 Å². The minimum Gasteiger partial charge on any atom is -0.481 e. The SMILES string of the molecule is COc1cc(CNc2ncc(C(=O)O)cc2Cl)ccn1. The Morgan fingerprint density at radius 1 is 1.45 bits per heavy atom. The molecule has 0 amide bonds. The molecule has 2 aromatic heterocycles. The summed E-state index contributed by atoms with van der Waals surface area (Å²) in [5.41, 5.74) is 0.989. The monoisotopic (exact) mass is 293 g/mol. The Kier molecular flexibility index (Phi) is 4.37. The topological polar surface area (TPSA) is 84.3 Å². The third kappa shape index (κ3) is 3.36. The number of rotatable bonds is 5. The lowest BCUT2D eigenvalue weighted by Crippen LogP contribution is -2.04. The van der Waals surface area contributed by atoms with Crippen LogP contribution in [0.4, 0.5) is 5.82 Å². The number of hydrogen-bond acceptors (Lipinski definition) is 5. The van der Waals surface area contributed by atoms with E-state index < -0.39 is 5.97 Å². The predicted molar refractivity (Wildman–Crippen MR) is 74.3 cm³/mol. The number of halogens is 1. The van der Waals surface area contributed by atoms with E-state index >= 15 is 0 Å². The van der Waals surface area contributed by atoms with Crippen molar-refractivity contribution in [2.75, 3.05) is 12.4 Å². The Bertz CT molecular complexity index is 634. The zero-order chi connectivity index (χ0) is 14.5. The number of anilines is 1. The van der Waals surface area contributed by atoms with Crippen LogP contribution in [0.15, 0.2) is 30.6 Å². The molecule has 0 aliphatic rings. The van der Waals surface area contributed by atoms with Crippen molar-refractivity contribution in [3.05, 3.63) is 46.7 Å². The van der Waals surface area contributed by atoms with Crippen LogP contribution in [0.1, 0.15) is 15.9 Å². The van der Waals surface area contributed by atoms with E-state index in [9.17, 15) is 4.79 Å². The van der Waals surface area contributed by atoms with Crippen molar-refractivity contribution in [1.29, 1.82) is 0 Å². The Balaban J connectivity index is 2.08. The number of aromatic carboxylic acids is 1. The molecule has 0 fully saturated rings. The van der Waals surface area contributed by atoms with Crippen LogP contribution in [0.2, 0.25) is 5.02 Å². The molecule has 20 heavy (non-hydrogen) atoms. The fourth-order valence-electron chi connectivity index (χ4n) is 1.54. The summed E-state index contributed by atoms with van der Waals surface area (Å²) in [6.45, 7) is 0.470. The van der Waals surface area contributed by atoms with Crippen LogP contribution in [0.5, 0.6) is 5.88 Å². The highest BCUT2D eigenvalue weighted by Gasteiger charge is 2.08. The number of carbonyl (C=O) groups is 1. The van der Waals surface area contributed by atoms with Crippen LogP contribution in [0, 0.1) is 0 Å². The number of aromatic nitrogens is 2. The number of pyridine rings is 2. The van der Waals surface area contributed by atoms with Gasteiger partial charge in [-0.25, -0.2) is 14.8 Å². The van der Waals surface area contributed by atoms with Crippen molar-refractivity contribution in [2.45, 2.75) is 6.54 Å². The number of nitrogens with one attached hydrogen (secondary N) is 1. The number of nitrogens with zero attached hydrogens (tertiary/aromatic N) is 2. The fourth-order valence-corrected chi connectivity index (χ4v) is 1.78. The molecule has 0 aromatic carbocycles. The number of hydrogen-bond donors (Lipinski definition) is 2. The van der Waals surface area contributed by atoms with Gasteiger partial charge in [-0.05, 0) is 17.7 Å². The van der Waals surface area contributed by atoms with E-state index in [1.807, 2.05) is 6.07 Å². The zero-order valence-electron chi connectivity index (χ0n) is 10.6. The molecule has 0 saturated heterocycles. The van der Waals surface area contributed by atoms with Gasteiger partial charge in [-0.2, -0.15) is 0 Å². The summed E-state index contributed by atoms with van der Waals surface area (Å²) < 4.78 is 5.03. The summed E-state index contributed by atoms with van der Waals surface area (Å²) in [6, 6.07) is 4.97. The predicted octanol–water partition coefficient (Wildman–Crippen LogP) is 2.45. The van der Waals surface area contributed by atoms with Gasteiger partial charge in [0.2, 0.25) is 5.88 Å². The summed E-state index contributed by atoms with van der Waals surface area (Å²) >= 11 is 5.97. The van der Waals surface area contributed by atoms with Gasteiger partial charge in [-0.3, -0.25) is 0 Å². The Hall–Kier alpha value is -2.34. The molecule has 0 radical (unpaired) electrons. The molecule has 0 aliphatic heterocycles. The Labute approximate surface area is 120 Å². The minimum atomic E-state index is -1.06. The van der Waals surface area contributed by atoms with Crippen molar-refractivity contribution in [2.24, 2.45) is 0 Å². The van der Waals surface area contributed by atoms with Crippen LogP contribution >= 0.6 is 11.6 Å². The number of carboxylic acid groups (broad SMARTS) is 1. The van der Waals surface area contributed by atoms with Crippen molar-refractivity contribution < 1.29 is 14.6 Å². The highest BCUT2D eigenvalue weighted by atomic mass is 35.5. The number of carboxylic acids is 1. The lowest BCUT2D eigenvalue weighted by molar-refractivity contribution is 0.0696. The zero-order valence-corrected chi connectivity index (χ0v) is 11.4. The highest BCUT2D eigenvalue weighted by Crippen LogP contribution is 2.21. The quantitative estimate of drug-likeness (QED) is 0.881. The van der Waals surface area contributed by atoms with Gasteiger partial charge in [0.25, 0.3) is 0 Å². The molecule has 2 heterocycles. The first-order chi connectivity index (χ1) is 9.60. The van der Waals surface area contributed by atoms with Gasteiger partial charge in [0.05, 0.1) is 17.7 Å². The lowest BCUT2D eigenvalue weighted by Gasteiger charge is -2.08. The highest BCUT2D eigenvalue weighted by molar-refractivity contribution is 6.33. The van der Waals surface area contributed by atoms with Crippen molar-refractivity contribution >= 4 is 23.4 Å². The molecule has 0 unspecified atom stereocenters. The van der Waals surface area contributed by atoms with Gasteiger partial charge < -0.3 is 15.2 Å². The van der Waals surface area contributed by atoms with Crippen LogP contribution in [0.25, 0.3) is 0 Å². The second-order valence-corrected chi connectivity index (χ2v) is 4.33. The average Bonchev–Trinajstić information content (AvgIpc) is 2.46. The third-order valence-corrected chi connectivity index (χ3v) is 2.84. The fraction of sp³-hybridized carbons (Fsp3) is 0.154. The first-order valence-corrected chi connectivity index (χ1v) is 6.09. The van der Waals surface area contributed by atoms with Crippen molar-refractivity contribution in [1.82, 2.24) is 9.97 Å². The molecule has 0 saturated carbocycles.